The van der Waals surface area contributed by atoms with Crippen LogP contribution in [0.2, 0.25) is 0 Å². The number of rotatable bonds is 4. The Labute approximate surface area is 115 Å². The van der Waals surface area contributed by atoms with E-state index in [0.29, 0.717) is 16.6 Å². The molecule has 1 aromatic carbocycles. The molecular formula is C14H18F3NS. The van der Waals surface area contributed by atoms with E-state index in [4.69, 9.17) is 5.73 Å². The molecule has 1 aliphatic rings. The third kappa shape index (κ3) is 4.14. The fourth-order valence-electron chi connectivity index (χ4n) is 2.34. The van der Waals surface area contributed by atoms with E-state index < -0.39 is 11.7 Å². The van der Waals surface area contributed by atoms with Crippen LogP contribution in [0.1, 0.15) is 42.9 Å². The average molecular weight is 289 g/mol. The molecule has 1 atom stereocenters. The first kappa shape index (κ1) is 14.7. The molecule has 5 heteroatoms. The third-order valence-electron chi connectivity index (χ3n) is 3.46. The number of hydrogen-bond acceptors (Lipinski definition) is 2. The lowest BCUT2D eigenvalue weighted by Crippen LogP contribution is -2.16. The van der Waals surface area contributed by atoms with Gasteiger partial charge >= 0.3 is 6.18 Å². The van der Waals surface area contributed by atoms with Crippen molar-refractivity contribution in [1.29, 1.82) is 0 Å². The van der Waals surface area contributed by atoms with Gasteiger partial charge in [-0.25, -0.2) is 0 Å². The van der Waals surface area contributed by atoms with Crippen molar-refractivity contribution in [3.8, 4) is 0 Å². The monoisotopic (exact) mass is 289 g/mol. The zero-order valence-electron chi connectivity index (χ0n) is 10.6. The van der Waals surface area contributed by atoms with Crippen LogP contribution in [-0.2, 0) is 6.18 Å². The molecule has 0 aromatic heterocycles. The zero-order valence-corrected chi connectivity index (χ0v) is 11.4. The maximum absolute atomic E-state index is 12.6. The Bertz CT molecular complexity index is 413. The van der Waals surface area contributed by atoms with E-state index >= 15 is 0 Å². The van der Waals surface area contributed by atoms with Crippen molar-refractivity contribution in [3.05, 3.63) is 35.4 Å². The van der Waals surface area contributed by atoms with E-state index in [1.807, 2.05) is 0 Å². The second kappa shape index (κ2) is 6.18. The van der Waals surface area contributed by atoms with Crippen LogP contribution in [-0.4, -0.2) is 11.0 Å². The predicted octanol–water partition coefficient (Wildman–Crippen LogP) is 4.38. The Morgan fingerprint density at radius 1 is 1.26 bits per heavy atom. The minimum Gasteiger partial charge on any atom is -0.323 e. The molecule has 1 aliphatic carbocycles. The van der Waals surface area contributed by atoms with Crippen LogP contribution >= 0.6 is 11.8 Å². The van der Waals surface area contributed by atoms with Crippen molar-refractivity contribution < 1.29 is 13.2 Å². The van der Waals surface area contributed by atoms with Crippen LogP contribution in [0.25, 0.3) is 0 Å². The summed E-state index contributed by atoms with van der Waals surface area (Å²) >= 11 is 1.79. The molecule has 0 radical (unpaired) electrons. The molecule has 19 heavy (non-hydrogen) atoms. The Morgan fingerprint density at radius 2 is 1.95 bits per heavy atom. The molecule has 2 rings (SSSR count). The summed E-state index contributed by atoms with van der Waals surface area (Å²) in [6.07, 6.45) is 0.640. The summed E-state index contributed by atoms with van der Waals surface area (Å²) in [4.78, 5) is 0. The van der Waals surface area contributed by atoms with Gasteiger partial charge in [-0.1, -0.05) is 25.0 Å². The van der Waals surface area contributed by atoms with Crippen molar-refractivity contribution in [1.82, 2.24) is 0 Å². The van der Waals surface area contributed by atoms with E-state index in [9.17, 15) is 13.2 Å². The van der Waals surface area contributed by atoms with Gasteiger partial charge in [-0.3, -0.25) is 0 Å². The molecule has 1 aromatic rings. The van der Waals surface area contributed by atoms with Gasteiger partial charge in [0.1, 0.15) is 0 Å². The first-order valence-electron chi connectivity index (χ1n) is 6.51. The number of halogens is 3. The van der Waals surface area contributed by atoms with Crippen LogP contribution in [0.15, 0.2) is 24.3 Å². The van der Waals surface area contributed by atoms with Gasteiger partial charge in [-0.15, -0.1) is 0 Å². The molecule has 1 nitrogen and oxygen atoms in total. The highest BCUT2D eigenvalue weighted by molar-refractivity contribution is 7.99. The molecule has 0 amide bonds. The third-order valence-corrected chi connectivity index (χ3v) is 4.95. The van der Waals surface area contributed by atoms with Gasteiger partial charge in [0.2, 0.25) is 0 Å². The van der Waals surface area contributed by atoms with Gasteiger partial charge in [0, 0.05) is 17.0 Å². The number of nitrogens with two attached hydrogens (primary N) is 1. The fraction of sp³-hybridized carbons (Fsp3) is 0.571. The zero-order chi connectivity index (χ0) is 13.9. The Balaban J connectivity index is 1.96. The first-order chi connectivity index (χ1) is 8.97. The van der Waals surface area contributed by atoms with Gasteiger partial charge in [0.25, 0.3) is 0 Å². The van der Waals surface area contributed by atoms with Crippen molar-refractivity contribution >= 4 is 11.8 Å². The summed E-state index contributed by atoms with van der Waals surface area (Å²) < 4.78 is 37.9. The van der Waals surface area contributed by atoms with E-state index in [2.05, 4.69) is 0 Å². The highest BCUT2D eigenvalue weighted by Crippen LogP contribution is 2.33. The minimum atomic E-state index is -4.30. The average Bonchev–Trinajstić information content (AvgIpc) is 2.88. The molecule has 2 N–H and O–H groups in total. The van der Waals surface area contributed by atoms with Gasteiger partial charge in [-0.2, -0.15) is 24.9 Å². The summed E-state index contributed by atoms with van der Waals surface area (Å²) in [5.41, 5.74) is 5.95. The molecular weight excluding hydrogens is 271 g/mol. The van der Waals surface area contributed by atoms with Crippen LogP contribution in [0, 0.1) is 0 Å². The summed E-state index contributed by atoms with van der Waals surface area (Å²) in [6.45, 7) is 0. The topological polar surface area (TPSA) is 26.0 Å². The lowest BCUT2D eigenvalue weighted by Gasteiger charge is -2.16. The molecule has 0 saturated heterocycles. The normalized spacial score (nSPS) is 18.7. The maximum atomic E-state index is 12.6. The highest BCUT2D eigenvalue weighted by Gasteiger charge is 2.30. The van der Waals surface area contributed by atoms with E-state index in [0.717, 1.165) is 6.07 Å². The summed E-state index contributed by atoms with van der Waals surface area (Å²) in [5, 5.41) is 0.636. The molecule has 1 saturated carbocycles. The second-order valence-electron chi connectivity index (χ2n) is 4.97. The highest BCUT2D eigenvalue weighted by atomic mass is 32.2. The molecule has 106 valence electrons. The lowest BCUT2D eigenvalue weighted by atomic mass is 10.1. The van der Waals surface area contributed by atoms with Gasteiger partial charge in [0.15, 0.2) is 0 Å². The molecule has 1 fully saturated rings. The SMILES string of the molecule is NC(CSC1CCCC1)c1cccc(C(F)(F)F)c1. The van der Waals surface area contributed by atoms with Crippen LogP contribution in [0.5, 0.6) is 0 Å². The standard InChI is InChI=1S/C14H18F3NS/c15-14(16,17)11-5-3-4-10(8-11)13(18)9-19-12-6-1-2-7-12/h3-5,8,12-13H,1-2,6-7,9,18H2. The van der Waals surface area contributed by atoms with Crippen LogP contribution in [0.3, 0.4) is 0 Å². The van der Waals surface area contributed by atoms with E-state index in [1.165, 1.54) is 37.8 Å². The summed E-state index contributed by atoms with van der Waals surface area (Å²) in [7, 11) is 0. The smallest absolute Gasteiger partial charge is 0.323 e. The van der Waals surface area contributed by atoms with E-state index in [-0.39, 0.29) is 6.04 Å². The number of thioether (sulfide) groups is 1. The largest absolute Gasteiger partial charge is 0.416 e. The lowest BCUT2D eigenvalue weighted by molar-refractivity contribution is -0.137. The quantitative estimate of drug-likeness (QED) is 0.890. The number of hydrogen-bond donors (Lipinski definition) is 1. The molecule has 0 aliphatic heterocycles. The number of benzene rings is 1. The van der Waals surface area contributed by atoms with Crippen LogP contribution in [0.4, 0.5) is 13.2 Å². The van der Waals surface area contributed by atoms with Crippen molar-refractivity contribution in [3.63, 3.8) is 0 Å². The van der Waals surface area contributed by atoms with E-state index in [1.54, 1.807) is 17.8 Å². The van der Waals surface area contributed by atoms with Crippen molar-refractivity contribution in [2.75, 3.05) is 5.75 Å². The van der Waals surface area contributed by atoms with Gasteiger partial charge < -0.3 is 5.73 Å². The summed E-state index contributed by atoms with van der Waals surface area (Å²) in [6, 6.07) is 5.03. The van der Waals surface area contributed by atoms with Gasteiger partial charge in [-0.05, 0) is 30.5 Å². The number of alkyl halides is 3. The predicted molar refractivity (Wildman–Crippen MR) is 73.1 cm³/mol. The minimum absolute atomic E-state index is 0.326. The Kier molecular flexibility index (Phi) is 4.79. The Hall–Kier alpha value is -0.680. The summed E-state index contributed by atoms with van der Waals surface area (Å²) in [5.74, 6) is 0.686. The Morgan fingerprint density at radius 3 is 2.58 bits per heavy atom. The maximum Gasteiger partial charge on any atom is 0.416 e. The van der Waals surface area contributed by atoms with Crippen LogP contribution < -0.4 is 5.73 Å². The van der Waals surface area contributed by atoms with Crippen molar-refractivity contribution in [2.45, 2.75) is 43.2 Å². The van der Waals surface area contributed by atoms with Crippen molar-refractivity contribution in [2.24, 2.45) is 5.73 Å². The molecule has 0 bridgehead atoms. The molecule has 0 heterocycles. The molecule has 0 spiro atoms. The van der Waals surface area contributed by atoms with Gasteiger partial charge in [0.05, 0.1) is 5.56 Å². The second-order valence-corrected chi connectivity index (χ2v) is 6.30. The fourth-order valence-corrected chi connectivity index (χ4v) is 3.68. The molecule has 1 unspecified atom stereocenters. The first-order valence-corrected chi connectivity index (χ1v) is 7.56.